The van der Waals surface area contributed by atoms with Crippen molar-refractivity contribution in [3.8, 4) is 0 Å². The van der Waals surface area contributed by atoms with Gasteiger partial charge in [-0.3, -0.25) is 9.59 Å². The number of carbonyl (C=O) groups excluding carboxylic acids is 2. The van der Waals surface area contributed by atoms with Gasteiger partial charge in [-0.05, 0) is 83.9 Å². The summed E-state index contributed by atoms with van der Waals surface area (Å²) in [5, 5.41) is 13.2. The van der Waals surface area contributed by atoms with Crippen molar-refractivity contribution in [3.05, 3.63) is 131 Å². The van der Waals surface area contributed by atoms with E-state index in [2.05, 4.69) is 16.0 Å². The molecule has 0 bridgehead atoms. The first kappa shape index (κ1) is 27.6. The number of nitrogens with two attached hydrogens (primary N) is 2. The van der Waals surface area contributed by atoms with E-state index in [0.29, 0.717) is 62.6 Å². The van der Waals surface area contributed by atoms with Crippen LogP contribution < -0.4 is 27.4 Å². The molecular weight excluding hydrogens is 602 g/mol. The number of fused-ring (bicyclic) bond motifs is 8. The Morgan fingerprint density at radius 3 is 1.40 bits per heavy atom. The van der Waals surface area contributed by atoms with Crippen molar-refractivity contribution >= 4 is 89.8 Å². The molecule has 0 saturated heterocycles. The molecule has 0 radical (unpaired) electrons. The zero-order valence-electron chi connectivity index (χ0n) is 25.4. The number of nitrogens with one attached hydrogen (secondary N) is 3. The van der Waals surface area contributed by atoms with Crippen molar-refractivity contribution in [2.75, 3.05) is 27.4 Å². The van der Waals surface area contributed by atoms with Crippen molar-refractivity contribution < 1.29 is 18.4 Å². The van der Waals surface area contributed by atoms with Crippen LogP contribution in [0.15, 0.2) is 118 Å². The Bertz CT molecular complexity index is 2470. The minimum Gasteiger partial charge on any atom is -0.456 e. The lowest BCUT2D eigenvalue weighted by atomic mass is 9.94. The molecule has 48 heavy (non-hydrogen) atoms. The predicted octanol–water partition coefficient (Wildman–Crippen LogP) is 8.80. The minimum absolute atomic E-state index is 0.247. The van der Waals surface area contributed by atoms with Gasteiger partial charge in [-0.2, -0.15) is 0 Å². The largest absolute Gasteiger partial charge is 0.456 e. The van der Waals surface area contributed by atoms with Gasteiger partial charge in [0.05, 0.1) is 0 Å². The number of nitrogen functional groups attached to an aromatic ring is 2. The van der Waals surface area contributed by atoms with Crippen LogP contribution in [-0.4, -0.2) is 11.8 Å². The van der Waals surface area contributed by atoms with Gasteiger partial charge in [0.1, 0.15) is 22.3 Å². The van der Waals surface area contributed by atoms with Crippen LogP contribution in [0, 0.1) is 0 Å². The highest BCUT2D eigenvalue weighted by Gasteiger charge is 2.20. The number of furan rings is 2. The van der Waals surface area contributed by atoms with E-state index in [4.69, 9.17) is 20.3 Å². The van der Waals surface area contributed by atoms with Crippen molar-refractivity contribution in [2.24, 2.45) is 0 Å². The van der Waals surface area contributed by atoms with Crippen molar-refractivity contribution in [2.45, 2.75) is 6.42 Å². The molecule has 2 amide bonds. The highest BCUT2D eigenvalue weighted by molar-refractivity contribution is 6.11. The predicted molar refractivity (Wildman–Crippen MR) is 191 cm³/mol. The van der Waals surface area contributed by atoms with Crippen molar-refractivity contribution in [3.63, 3.8) is 0 Å². The Kier molecular flexibility index (Phi) is 5.97. The molecule has 0 unspecified atom stereocenters. The first-order valence-corrected chi connectivity index (χ1v) is 15.4. The van der Waals surface area contributed by atoms with E-state index in [0.717, 1.165) is 44.0 Å². The Labute approximate surface area is 273 Å². The molecule has 1 aliphatic heterocycles. The van der Waals surface area contributed by atoms with E-state index in [-0.39, 0.29) is 11.8 Å². The van der Waals surface area contributed by atoms with Gasteiger partial charge in [-0.1, -0.05) is 12.1 Å². The summed E-state index contributed by atoms with van der Waals surface area (Å²) >= 11 is 0. The standard InChI is InChI=1S/C39H27N5O4/c40-24-5-9-28-30-11-7-26(18-36(30)47-34(28)16-24)42-38(45)22-3-1-20-13-21-2-4-23(15-33(21)44-32(20)14-22)39(46)43-27-8-12-31-29-10-6-25(41)17-35(29)48-37(31)19-27/h1-12,14-19,44H,13,40-41H2,(H,42,45)(H,43,46). The van der Waals surface area contributed by atoms with Gasteiger partial charge in [-0.25, -0.2) is 0 Å². The molecule has 9 nitrogen and oxygen atoms in total. The molecule has 0 spiro atoms. The van der Waals surface area contributed by atoms with Gasteiger partial charge >= 0.3 is 0 Å². The molecule has 2 aromatic heterocycles. The van der Waals surface area contributed by atoms with Crippen LogP contribution in [0.3, 0.4) is 0 Å². The van der Waals surface area contributed by atoms with Gasteiger partial charge < -0.3 is 36.3 Å². The third-order valence-corrected chi connectivity index (χ3v) is 8.90. The molecular formula is C39H27N5O4. The summed E-state index contributed by atoms with van der Waals surface area (Å²) in [6.45, 7) is 0. The Morgan fingerprint density at radius 2 is 0.938 bits per heavy atom. The molecule has 0 atom stereocenters. The molecule has 9 rings (SSSR count). The fraction of sp³-hybridized carbons (Fsp3) is 0.0256. The fourth-order valence-corrected chi connectivity index (χ4v) is 6.48. The molecule has 1 aliphatic rings. The zero-order valence-corrected chi connectivity index (χ0v) is 25.4. The van der Waals surface area contributed by atoms with Crippen LogP contribution in [0.2, 0.25) is 0 Å². The molecule has 8 aromatic rings. The topological polar surface area (TPSA) is 149 Å². The van der Waals surface area contributed by atoms with Crippen molar-refractivity contribution in [1.82, 2.24) is 0 Å². The normalized spacial score (nSPS) is 12.2. The van der Waals surface area contributed by atoms with Crippen LogP contribution in [0.1, 0.15) is 31.8 Å². The van der Waals surface area contributed by atoms with Gasteiger partial charge in [0, 0.05) is 97.5 Å². The molecule has 232 valence electrons. The summed E-state index contributed by atoms with van der Waals surface area (Å²) in [5.74, 6) is -0.494. The second-order valence-electron chi connectivity index (χ2n) is 12.1. The Hall–Kier alpha value is -6.74. The molecule has 7 N–H and O–H groups in total. The first-order valence-electron chi connectivity index (χ1n) is 15.4. The second kappa shape index (κ2) is 10.4. The van der Waals surface area contributed by atoms with Gasteiger partial charge in [-0.15, -0.1) is 0 Å². The summed E-state index contributed by atoms with van der Waals surface area (Å²) in [6, 6.07) is 33.5. The average molecular weight is 630 g/mol. The maximum atomic E-state index is 13.3. The van der Waals surface area contributed by atoms with Crippen molar-refractivity contribution in [1.29, 1.82) is 0 Å². The molecule has 9 heteroatoms. The van der Waals surface area contributed by atoms with E-state index < -0.39 is 0 Å². The van der Waals surface area contributed by atoms with Crippen LogP contribution in [0.5, 0.6) is 0 Å². The van der Waals surface area contributed by atoms with Gasteiger partial charge in [0.25, 0.3) is 11.8 Å². The third kappa shape index (κ3) is 4.64. The second-order valence-corrected chi connectivity index (χ2v) is 12.1. The van der Waals surface area contributed by atoms with E-state index in [1.807, 2.05) is 97.1 Å². The van der Waals surface area contributed by atoms with Gasteiger partial charge in [0.15, 0.2) is 0 Å². The lowest BCUT2D eigenvalue weighted by Crippen LogP contribution is -2.15. The monoisotopic (exact) mass is 629 g/mol. The number of hydrogen-bond acceptors (Lipinski definition) is 7. The molecule has 6 aromatic carbocycles. The third-order valence-electron chi connectivity index (χ3n) is 8.90. The summed E-state index contributed by atoms with van der Waals surface area (Å²) in [4.78, 5) is 26.6. The lowest BCUT2D eigenvalue weighted by molar-refractivity contribution is 0.101. The smallest absolute Gasteiger partial charge is 0.255 e. The maximum absolute atomic E-state index is 13.3. The summed E-state index contributed by atoms with van der Waals surface area (Å²) in [7, 11) is 0. The van der Waals surface area contributed by atoms with Crippen LogP contribution >= 0.6 is 0 Å². The number of rotatable bonds is 4. The highest BCUT2D eigenvalue weighted by Crippen LogP contribution is 2.36. The zero-order chi connectivity index (χ0) is 32.5. The number of hydrogen-bond donors (Lipinski definition) is 5. The van der Waals surface area contributed by atoms with E-state index in [1.54, 1.807) is 12.1 Å². The molecule has 0 saturated carbocycles. The summed E-state index contributed by atoms with van der Waals surface area (Å²) in [6.07, 6.45) is 0.669. The maximum Gasteiger partial charge on any atom is 0.255 e. The molecule has 3 heterocycles. The highest BCUT2D eigenvalue weighted by atomic mass is 16.3. The average Bonchev–Trinajstić information content (AvgIpc) is 3.62. The van der Waals surface area contributed by atoms with Crippen LogP contribution in [0.25, 0.3) is 43.9 Å². The number of anilines is 6. The first-order chi connectivity index (χ1) is 23.3. The van der Waals surface area contributed by atoms with E-state index >= 15 is 0 Å². The number of benzene rings is 6. The van der Waals surface area contributed by atoms with E-state index in [1.165, 1.54) is 0 Å². The lowest BCUT2D eigenvalue weighted by Gasteiger charge is -2.23. The Balaban J connectivity index is 0.925. The fourth-order valence-electron chi connectivity index (χ4n) is 6.48. The SMILES string of the molecule is Nc1ccc2c(c1)oc1cc(NC(=O)c3ccc4c(c3)Nc3cc(C(=O)Nc5ccc6c(c5)oc5cc(N)ccc56)ccc3C4)ccc12. The van der Waals surface area contributed by atoms with Crippen LogP contribution in [-0.2, 0) is 6.42 Å². The Morgan fingerprint density at radius 1 is 0.521 bits per heavy atom. The minimum atomic E-state index is -0.247. The molecule has 0 aliphatic carbocycles. The summed E-state index contributed by atoms with van der Waals surface area (Å²) in [5.41, 5.74) is 21.8. The number of amides is 2. The van der Waals surface area contributed by atoms with Gasteiger partial charge in [0.2, 0.25) is 0 Å². The quantitative estimate of drug-likeness (QED) is 0.122. The van der Waals surface area contributed by atoms with E-state index in [9.17, 15) is 9.59 Å². The number of carbonyl (C=O) groups is 2. The molecule has 0 fully saturated rings. The van der Waals surface area contributed by atoms with Crippen LogP contribution in [0.4, 0.5) is 34.1 Å². The summed E-state index contributed by atoms with van der Waals surface area (Å²) < 4.78 is 12.0.